The molecule has 2 aliphatic rings. The molecule has 0 bridgehead atoms. The number of rotatable bonds is 2. The van der Waals surface area contributed by atoms with Crippen LogP contribution in [0.15, 0.2) is 30.3 Å². The lowest BCUT2D eigenvalue weighted by molar-refractivity contribution is -0.132. The molecule has 2 fully saturated rings. The highest BCUT2D eigenvalue weighted by molar-refractivity contribution is 7.99. The molecule has 3 rings (SSSR count). The summed E-state index contributed by atoms with van der Waals surface area (Å²) >= 11 is 1.82. The van der Waals surface area contributed by atoms with E-state index in [-0.39, 0.29) is 6.04 Å². The average Bonchev–Trinajstić information content (AvgIpc) is 2.92. The van der Waals surface area contributed by atoms with Crippen LogP contribution in [0.3, 0.4) is 0 Å². The molecule has 0 aliphatic carbocycles. The van der Waals surface area contributed by atoms with Crippen molar-refractivity contribution < 1.29 is 4.79 Å². The molecule has 108 valence electrons. The Morgan fingerprint density at radius 3 is 2.80 bits per heavy atom. The zero-order chi connectivity index (χ0) is 13.8. The Bertz CT molecular complexity index is 445. The summed E-state index contributed by atoms with van der Waals surface area (Å²) in [7, 11) is 0. The van der Waals surface area contributed by atoms with E-state index in [0.29, 0.717) is 11.8 Å². The molecule has 0 saturated carbocycles. The summed E-state index contributed by atoms with van der Waals surface area (Å²) in [5.74, 6) is 2.76. The Balaban J connectivity index is 1.60. The summed E-state index contributed by atoms with van der Waals surface area (Å²) in [5, 5.41) is 3.29. The van der Waals surface area contributed by atoms with E-state index in [1.165, 1.54) is 12.0 Å². The minimum Gasteiger partial charge on any atom is -0.341 e. The van der Waals surface area contributed by atoms with Gasteiger partial charge in [0.15, 0.2) is 0 Å². The molecule has 1 aromatic carbocycles. The molecule has 1 aromatic rings. The van der Waals surface area contributed by atoms with Crippen LogP contribution in [0.4, 0.5) is 0 Å². The molecule has 0 spiro atoms. The summed E-state index contributed by atoms with van der Waals surface area (Å²) in [6.45, 7) is 1.83. The van der Waals surface area contributed by atoms with Gasteiger partial charge >= 0.3 is 0 Å². The largest absolute Gasteiger partial charge is 0.341 e. The number of likely N-dealkylation sites (tertiary alicyclic amines) is 1. The Morgan fingerprint density at radius 1 is 1.20 bits per heavy atom. The first-order valence-electron chi connectivity index (χ1n) is 7.49. The fraction of sp³-hybridized carbons (Fsp3) is 0.562. The molecule has 20 heavy (non-hydrogen) atoms. The summed E-state index contributed by atoms with van der Waals surface area (Å²) in [6.07, 6.45) is 3.40. The van der Waals surface area contributed by atoms with Crippen LogP contribution >= 0.6 is 11.8 Å². The molecule has 4 heteroatoms. The third kappa shape index (κ3) is 3.18. The molecule has 2 aliphatic heterocycles. The fourth-order valence-electron chi connectivity index (χ4n) is 3.15. The van der Waals surface area contributed by atoms with Gasteiger partial charge < -0.3 is 4.90 Å². The Hall–Kier alpha value is -1.00. The predicted molar refractivity (Wildman–Crippen MR) is 83.9 cm³/mol. The number of amides is 1. The number of benzene rings is 1. The van der Waals surface area contributed by atoms with E-state index in [9.17, 15) is 4.79 Å². The van der Waals surface area contributed by atoms with E-state index < -0.39 is 0 Å². The number of nitrogens with zero attached hydrogens (tertiary/aromatic N) is 1. The first-order valence-corrected chi connectivity index (χ1v) is 8.65. The van der Waals surface area contributed by atoms with Crippen LogP contribution in [-0.4, -0.2) is 41.6 Å². The smallest absolute Gasteiger partial charge is 0.240 e. The number of carbonyl (C=O) groups is 1. The minimum atomic E-state index is 0.0493. The number of hydrogen-bond donors (Lipinski definition) is 1. The SMILES string of the molecule is O=C([C@@H]1CSCN1)N1CCC[C@H](c2ccccc2)CC1. The van der Waals surface area contributed by atoms with Crippen molar-refractivity contribution in [1.82, 2.24) is 10.2 Å². The molecular weight excluding hydrogens is 268 g/mol. The third-order valence-electron chi connectivity index (χ3n) is 4.33. The quantitative estimate of drug-likeness (QED) is 0.908. The van der Waals surface area contributed by atoms with Crippen LogP contribution in [0.2, 0.25) is 0 Å². The summed E-state index contributed by atoms with van der Waals surface area (Å²) in [6, 6.07) is 10.8. The van der Waals surface area contributed by atoms with Crippen molar-refractivity contribution >= 4 is 17.7 Å². The third-order valence-corrected chi connectivity index (χ3v) is 5.26. The number of thioether (sulfide) groups is 1. The molecule has 1 amide bonds. The highest BCUT2D eigenvalue weighted by atomic mass is 32.2. The fourth-order valence-corrected chi connectivity index (χ4v) is 4.08. The number of hydrogen-bond acceptors (Lipinski definition) is 3. The van der Waals surface area contributed by atoms with Gasteiger partial charge in [0.2, 0.25) is 5.91 Å². The molecule has 2 saturated heterocycles. The lowest BCUT2D eigenvalue weighted by Gasteiger charge is -2.23. The second kappa shape index (κ2) is 6.64. The maximum atomic E-state index is 12.4. The maximum absolute atomic E-state index is 12.4. The molecule has 0 radical (unpaired) electrons. The average molecular weight is 290 g/mol. The predicted octanol–water partition coefficient (Wildman–Crippen LogP) is 2.45. The number of carbonyl (C=O) groups excluding carboxylic acids is 1. The Morgan fingerprint density at radius 2 is 2.05 bits per heavy atom. The summed E-state index contributed by atoms with van der Waals surface area (Å²) in [5.41, 5.74) is 1.43. The van der Waals surface area contributed by atoms with Crippen LogP contribution < -0.4 is 5.32 Å². The lowest BCUT2D eigenvalue weighted by Crippen LogP contribution is -2.45. The molecule has 2 atom stereocenters. The van der Waals surface area contributed by atoms with E-state index in [2.05, 4.69) is 40.5 Å². The van der Waals surface area contributed by atoms with Crippen molar-refractivity contribution in [3.8, 4) is 0 Å². The van der Waals surface area contributed by atoms with Gasteiger partial charge in [0.25, 0.3) is 0 Å². The highest BCUT2D eigenvalue weighted by Crippen LogP contribution is 2.28. The van der Waals surface area contributed by atoms with Crippen molar-refractivity contribution in [2.45, 2.75) is 31.2 Å². The highest BCUT2D eigenvalue weighted by Gasteiger charge is 2.29. The molecule has 1 N–H and O–H groups in total. The minimum absolute atomic E-state index is 0.0493. The Kier molecular flexibility index (Phi) is 4.63. The van der Waals surface area contributed by atoms with Gasteiger partial charge in [-0.05, 0) is 30.7 Å². The molecule has 0 unspecified atom stereocenters. The first-order chi connectivity index (χ1) is 9.84. The zero-order valence-electron chi connectivity index (χ0n) is 11.8. The zero-order valence-corrected chi connectivity index (χ0v) is 12.6. The number of nitrogens with one attached hydrogen (secondary N) is 1. The van der Waals surface area contributed by atoms with Gasteiger partial charge in [-0.1, -0.05) is 30.3 Å². The van der Waals surface area contributed by atoms with E-state index in [1.54, 1.807) is 0 Å². The van der Waals surface area contributed by atoms with Gasteiger partial charge in [-0.2, -0.15) is 0 Å². The molecule has 0 aromatic heterocycles. The van der Waals surface area contributed by atoms with Crippen molar-refractivity contribution in [2.24, 2.45) is 0 Å². The lowest BCUT2D eigenvalue weighted by atomic mass is 9.92. The van der Waals surface area contributed by atoms with Gasteiger partial charge in [-0.25, -0.2) is 0 Å². The van der Waals surface area contributed by atoms with E-state index in [1.807, 2.05) is 11.8 Å². The van der Waals surface area contributed by atoms with Crippen LogP contribution in [-0.2, 0) is 4.79 Å². The Labute approximate surface area is 125 Å². The van der Waals surface area contributed by atoms with Crippen molar-refractivity contribution in [1.29, 1.82) is 0 Å². The van der Waals surface area contributed by atoms with Crippen molar-refractivity contribution in [3.63, 3.8) is 0 Å². The van der Waals surface area contributed by atoms with Crippen molar-refractivity contribution in [3.05, 3.63) is 35.9 Å². The maximum Gasteiger partial charge on any atom is 0.240 e. The first kappa shape index (κ1) is 14.0. The van der Waals surface area contributed by atoms with E-state index in [0.717, 1.165) is 37.6 Å². The molecule has 2 heterocycles. The van der Waals surface area contributed by atoms with Gasteiger partial charge in [0.1, 0.15) is 0 Å². The van der Waals surface area contributed by atoms with Crippen LogP contribution in [0, 0.1) is 0 Å². The van der Waals surface area contributed by atoms with Gasteiger partial charge in [-0.15, -0.1) is 11.8 Å². The van der Waals surface area contributed by atoms with Crippen LogP contribution in [0.1, 0.15) is 30.7 Å². The van der Waals surface area contributed by atoms with E-state index in [4.69, 9.17) is 0 Å². The molecule has 3 nitrogen and oxygen atoms in total. The monoisotopic (exact) mass is 290 g/mol. The second-order valence-electron chi connectivity index (χ2n) is 5.64. The van der Waals surface area contributed by atoms with E-state index >= 15 is 0 Å². The summed E-state index contributed by atoms with van der Waals surface area (Å²) in [4.78, 5) is 14.5. The van der Waals surface area contributed by atoms with Gasteiger partial charge in [0.05, 0.1) is 6.04 Å². The van der Waals surface area contributed by atoms with Crippen LogP contribution in [0.25, 0.3) is 0 Å². The van der Waals surface area contributed by atoms with Gasteiger partial charge in [0, 0.05) is 24.7 Å². The standard InChI is InChI=1S/C16H22N2OS/c19-16(15-11-20-12-17-15)18-9-4-7-14(8-10-18)13-5-2-1-3-6-13/h1-3,5-6,14-15,17H,4,7-12H2/t14-,15-/m0/s1. The topological polar surface area (TPSA) is 32.3 Å². The second-order valence-corrected chi connectivity index (χ2v) is 6.67. The molecular formula is C16H22N2OS. The van der Waals surface area contributed by atoms with Crippen molar-refractivity contribution in [2.75, 3.05) is 24.7 Å². The van der Waals surface area contributed by atoms with Gasteiger partial charge in [-0.3, -0.25) is 10.1 Å². The summed E-state index contributed by atoms with van der Waals surface area (Å²) < 4.78 is 0. The van der Waals surface area contributed by atoms with Crippen LogP contribution in [0.5, 0.6) is 0 Å². The normalized spacial score (nSPS) is 27.3.